The Hall–Kier alpha value is -1.77. The van der Waals surface area contributed by atoms with E-state index < -0.39 is 10.0 Å². The summed E-state index contributed by atoms with van der Waals surface area (Å²) < 4.78 is 28.8. The molecule has 0 saturated heterocycles. The molecule has 0 aliphatic heterocycles. The van der Waals surface area contributed by atoms with Gasteiger partial charge in [-0.05, 0) is 17.5 Å². The average Bonchev–Trinajstić information content (AvgIpc) is 2.92. The van der Waals surface area contributed by atoms with E-state index >= 15 is 0 Å². The van der Waals surface area contributed by atoms with Crippen molar-refractivity contribution in [3.8, 4) is 0 Å². The lowest BCUT2D eigenvalue weighted by atomic mass is 10.1. The summed E-state index contributed by atoms with van der Waals surface area (Å²) in [4.78, 5) is 8.83. The van der Waals surface area contributed by atoms with Crippen molar-refractivity contribution in [1.29, 1.82) is 0 Å². The van der Waals surface area contributed by atoms with Gasteiger partial charge in [0.2, 0.25) is 10.0 Å². The predicted octanol–water partition coefficient (Wildman–Crippen LogP) is 2.84. The Morgan fingerprint density at radius 1 is 1.26 bits per heavy atom. The molecule has 2 atom stereocenters. The fourth-order valence-corrected chi connectivity index (χ4v) is 5.03. The van der Waals surface area contributed by atoms with Crippen molar-refractivity contribution >= 4 is 32.5 Å². The molecule has 0 bridgehead atoms. The Labute approximate surface area is 137 Å². The third-order valence-corrected chi connectivity index (χ3v) is 6.94. The van der Waals surface area contributed by atoms with Crippen LogP contribution in [0.25, 0.3) is 11.1 Å². The van der Waals surface area contributed by atoms with Crippen LogP contribution in [-0.4, -0.2) is 18.4 Å². The molecular formula is C15H15N3O3S2. The maximum atomic E-state index is 11.4. The fourth-order valence-electron chi connectivity index (χ4n) is 3.13. The number of oxazole rings is 1. The molecule has 1 aliphatic rings. The number of benzene rings is 1. The normalized spacial score (nSPS) is 23.3. The first-order chi connectivity index (χ1) is 10.8. The van der Waals surface area contributed by atoms with Gasteiger partial charge in [0, 0.05) is 5.92 Å². The zero-order valence-electron chi connectivity index (χ0n) is 12.6. The van der Waals surface area contributed by atoms with Crippen molar-refractivity contribution in [3.63, 3.8) is 0 Å². The average molecular weight is 349 g/mol. The molecule has 2 aromatic heterocycles. The first kappa shape index (κ1) is 14.8. The zero-order chi connectivity index (χ0) is 16.4. The molecule has 2 N–H and O–H groups in total. The molecule has 1 aliphatic carbocycles. The minimum Gasteiger partial charge on any atom is -0.440 e. The minimum atomic E-state index is -3.71. The number of fused-ring (bicyclic) bond motifs is 1. The standard InChI is InChI=1S/C15H15N3O3S2/c1-15(2)11(13-18-8-5-3-4-6-9(8)21-13)12(15)14-17-7-10(22-14)23(16,19)20/h3-7,11-12H,1-2H3,(H2,16,19,20)/t11-,12-/m1/s1. The van der Waals surface area contributed by atoms with Crippen molar-refractivity contribution < 1.29 is 12.8 Å². The highest BCUT2D eigenvalue weighted by atomic mass is 32.2. The summed E-state index contributed by atoms with van der Waals surface area (Å²) in [6.45, 7) is 4.21. The van der Waals surface area contributed by atoms with Crippen LogP contribution >= 0.6 is 11.3 Å². The summed E-state index contributed by atoms with van der Waals surface area (Å²) in [5.41, 5.74) is 1.50. The maximum Gasteiger partial charge on any atom is 0.249 e. The van der Waals surface area contributed by atoms with Crippen LogP contribution in [0.2, 0.25) is 0 Å². The van der Waals surface area contributed by atoms with Crippen molar-refractivity contribution in [2.75, 3.05) is 0 Å². The SMILES string of the molecule is CC1(C)[C@@H](c2nc3ccccc3o2)[C@@H]1c1ncc(S(N)(=O)=O)s1. The molecule has 120 valence electrons. The monoisotopic (exact) mass is 349 g/mol. The summed E-state index contributed by atoms with van der Waals surface area (Å²) in [5, 5.41) is 5.92. The highest BCUT2D eigenvalue weighted by Gasteiger charge is 2.63. The third kappa shape index (κ3) is 2.29. The number of nitrogens with two attached hydrogens (primary N) is 1. The third-order valence-electron chi connectivity index (χ3n) is 4.45. The van der Waals surface area contributed by atoms with E-state index in [4.69, 9.17) is 9.56 Å². The molecule has 8 heteroatoms. The number of aromatic nitrogens is 2. The van der Waals surface area contributed by atoms with Crippen LogP contribution in [0.15, 0.2) is 39.1 Å². The molecule has 6 nitrogen and oxygen atoms in total. The number of sulfonamides is 1. The molecule has 3 aromatic rings. The van der Waals surface area contributed by atoms with Gasteiger partial charge in [-0.15, -0.1) is 11.3 Å². The van der Waals surface area contributed by atoms with Crippen LogP contribution in [0, 0.1) is 5.41 Å². The van der Waals surface area contributed by atoms with Gasteiger partial charge in [0.05, 0.1) is 17.1 Å². The zero-order valence-corrected chi connectivity index (χ0v) is 14.2. The number of hydrogen-bond acceptors (Lipinski definition) is 6. The molecule has 0 spiro atoms. The molecule has 1 aromatic carbocycles. The van der Waals surface area contributed by atoms with Crippen molar-refractivity contribution in [2.24, 2.45) is 10.6 Å². The van der Waals surface area contributed by atoms with Crippen LogP contribution in [0.5, 0.6) is 0 Å². The van der Waals surface area contributed by atoms with Crippen molar-refractivity contribution in [2.45, 2.75) is 29.9 Å². The Kier molecular flexibility index (Phi) is 2.97. The largest absolute Gasteiger partial charge is 0.440 e. The van der Waals surface area contributed by atoms with Gasteiger partial charge < -0.3 is 4.42 Å². The van der Waals surface area contributed by atoms with E-state index in [-0.39, 0.29) is 21.5 Å². The van der Waals surface area contributed by atoms with E-state index in [1.807, 2.05) is 24.3 Å². The topological polar surface area (TPSA) is 99.1 Å². The fraction of sp³-hybridized carbons (Fsp3) is 0.333. The van der Waals surface area contributed by atoms with Gasteiger partial charge in [-0.2, -0.15) is 0 Å². The summed E-state index contributed by atoms with van der Waals surface area (Å²) >= 11 is 1.12. The summed E-state index contributed by atoms with van der Waals surface area (Å²) in [7, 11) is -3.71. The van der Waals surface area contributed by atoms with E-state index in [9.17, 15) is 8.42 Å². The van der Waals surface area contributed by atoms with E-state index in [0.717, 1.165) is 27.4 Å². The number of nitrogens with zero attached hydrogens (tertiary/aromatic N) is 2. The number of para-hydroxylation sites is 2. The number of thiazole rings is 1. The maximum absolute atomic E-state index is 11.4. The van der Waals surface area contributed by atoms with Gasteiger partial charge >= 0.3 is 0 Å². The van der Waals surface area contributed by atoms with Gasteiger partial charge in [-0.25, -0.2) is 23.5 Å². The molecule has 4 rings (SSSR count). The van der Waals surface area contributed by atoms with Gasteiger partial charge in [0.15, 0.2) is 15.7 Å². The molecule has 0 amide bonds. The Balaban J connectivity index is 1.72. The Bertz CT molecular complexity index is 971. The van der Waals surface area contributed by atoms with Gasteiger partial charge in [-0.1, -0.05) is 26.0 Å². The first-order valence-electron chi connectivity index (χ1n) is 7.12. The van der Waals surface area contributed by atoms with E-state index in [0.29, 0.717) is 5.89 Å². The number of rotatable bonds is 3. The highest BCUT2D eigenvalue weighted by molar-refractivity contribution is 7.91. The highest BCUT2D eigenvalue weighted by Crippen LogP contribution is 2.70. The van der Waals surface area contributed by atoms with Crippen LogP contribution in [-0.2, 0) is 10.0 Å². The second kappa shape index (κ2) is 4.62. The second-order valence-electron chi connectivity index (χ2n) is 6.36. The van der Waals surface area contributed by atoms with Crippen LogP contribution in [0.3, 0.4) is 0 Å². The minimum absolute atomic E-state index is 0.0781. The summed E-state index contributed by atoms with van der Waals surface area (Å²) in [6, 6.07) is 7.63. The van der Waals surface area contributed by atoms with Crippen LogP contribution in [0.4, 0.5) is 0 Å². The second-order valence-corrected chi connectivity index (χ2v) is 9.21. The first-order valence-corrected chi connectivity index (χ1v) is 9.49. The molecule has 23 heavy (non-hydrogen) atoms. The summed E-state index contributed by atoms with van der Waals surface area (Å²) in [5.74, 6) is 0.832. The van der Waals surface area contributed by atoms with E-state index in [1.54, 1.807) is 0 Å². The molecule has 1 fully saturated rings. The van der Waals surface area contributed by atoms with Crippen molar-refractivity contribution in [1.82, 2.24) is 9.97 Å². The van der Waals surface area contributed by atoms with Crippen LogP contribution < -0.4 is 5.14 Å². The molecular weight excluding hydrogens is 334 g/mol. The van der Waals surface area contributed by atoms with Gasteiger partial charge in [0.25, 0.3) is 0 Å². The number of primary sulfonamides is 1. The van der Waals surface area contributed by atoms with Gasteiger partial charge in [-0.3, -0.25) is 0 Å². The predicted molar refractivity (Wildman–Crippen MR) is 86.8 cm³/mol. The lowest BCUT2D eigenvalue weighted by molar-refractivity contribution is 0.493. The smallest absolute Gasteiger partial charge is 0.249 e. The quantitative estimate of drug-likeness (QED) is 0.784. The van der Waals surface area contributed by atoms with E-state index in [2.05, 4.69) is 23.8 Å². The van der Waals surface area contributed by atoms with Crippen molar-refractivity contribution in [3.05, 3.63) is 41.4 Å². The number of hydrogen-bond donors (Lipinski definition) is 1. The van der Waals surface area contributed by atoms with Crippen LogP contribution in [0.1, 0.15) is 36.6 Å². The van der Waals surface area contributed by atoms with Gasteiger partial charge in [0.1, 0.15) is 5.52 Å². The molecule has 2 heterocycles. The molecule has 0 unspecified atom stereocenters. The Morgan fingerprint density at radius 3 is 2.65 bits per heavy atom. The summed E-state index contributed by atoms with van der Waals surface area (Å²) in [6.07, 6.45) is 1.33. The molecule has 0 radical (unpaired) electrons. The molecule has 1 saturated carbocycles. The van der Waals surface area contributed by atoms with E-state index in [1.165, 1.54) is 6.20 Å². The lowest BCUT2D eigenvalue weighted by Gasteiger charge is -1.97. The Morgan fingerprint density at radius 2 is 2.00 bits per heavy atom. The lowest BCUT2D eigenvalue weighted by Crippen LogP contribution is -2.09.